The molecule has 0 aliphatic rings. The van der Waals surface area contributed by atoms with Gasteiger partial charge >= 0.3 is 0 Å². The van der Waals surface area contributed by atoms with Crippen LogP contribution in [0, 0.1) is 0 Å². The van der Waals surface area contributed by atoms with Crippen LogP contribution < -0.4 is 9.64 Å². The molecule has 4 heteroatoms. The molecule has 2 aromatic carbocycles. The molecule has 3 nitrogen and oxygen atoms in total. The molecule has 0 heterocycles. The summed E-state index contributed by atoms with van der Waals surface area (Å²) in [6.07, 6.45) is 3.33. The van der Waals surface area contributed by atoms with Crippen molar-refractivity contribution in [3.63, 3.8) is 0 Å². The summed E-state index contributed by atoms with van der Waals surface area (Å²) in [5.41, 5.74) is 2.64. The zero-order valence-corrected chi connectivity index (χ0v) is 13.3. The monoisotopic (exact) mass is 313 g/mol. The normalized spacial score (nSPS) is 10.7. The number of halogens is 1. The Morgan fingerprint density at radius 1 is 1.09 bits per heavy atom. The van der Waals surface area contributed by atoms with E-state index in [0.29, 0.717) is 11.3 Å². The van der Waals surface area contributed by atoms with E-state index in [1.54, 1.807) is 36.4 Å². The van der Waals surface area contributed by atoms with Gasteiger partial charge in [-0.25, -0.2) is 4.39 Å². The first kappa shape index (κ1) is 16.7. The van der Waals surface area contributed by atoms with Crippen LogP contribution in [-0.4, -0.2) is 33.2 Å². The molecule has 0 fully saturated rings. The number of carbonyl (C=O) groups excluding carboxylic acids is 1. The molecular weight excluding hydrogens is 293 g/mol. The summed E-state index contributed by atoms with van der Waals surface area (Å²) in [7, 11) is 3.96. The van der Waals surface area contributed by atoms with Crippen LogP contribution in [0.1, 0.15) is 15.9 Å². The van der Waals surface area contributed by atoms with Gasteiger partial charge < -0.3 is 9.64 Å². The minimum absolute atomic E-state index is 0.0239. The standard InChI is InChI=1S/C19H20FNO2/c1-21(2)17-8-3-15(4-9-17)5-12-19(22)16-6-10-18(11-7-16)23-14-13-20/h3-12H,13-14H2,1-2H3. The molecule has 23 heavy (non-hydrogen) atoms. The van der Waals surface area contributed by atoms with Gasteiger partial charge in [-0.2, -0.15) is 0 Å². The second-order valence-corrected chi connectivity index (χ2v) is 5.25. The molecular formula is C19H20FNO2. The summed E-state index contributed by atoms with van der Waals surface area (Å²) < 4.78 is 17.2. The third-order valence-electron chi connectivity index (χ3n) is 3.32. The van der Waals surface area contributed by atoms with E-state index < -0.39 is 6.67 Å². The quantitative estimate of drug-likeness (QED) is 0.571. The highest BCUT2D eigenvalue weighted by molar-refractivity contribution is 6.06. The van der Waals surface area contributed by atoms with Crippen LogP contribution in [0.25, 0.3) is 6.08 Å². The molecule has 0 spiro atoms. The Hall–Kier alpha value is -2.62. The fourth-order valence-electron chi connectivity index (χ4n) is 2.02. The number of hydrogen-bond acceptors (Lipinski definition) is 3. The lowest BCUT2D eigenvalue weighted by Crippen LogP contribution is -2.07. The first-order chi connectivity index (χ1) is 11.1. The van der Waals surface area contributed by atoms with Gasteiger partial charge in [0.2, 0.25) is 0 Å². The van der Waals surface area contributed by atoms with Crippen molar-refractivity contribution in [1.82, 2.24) is 0 Å². The van der Waals surface area contributed by atoms with Crippen LogP contribution >= 0.6 is 0 Å². The first-order valence-electron chi connectivity index (χ1n) is 7.39. The highest BCUT2D eigenvalue weighted by Crippen LogP contribution is 2.15. The summed E-state index contributed by atoms with van der Waals surface area (Å²) in [5.74, 6) is 0.473. The van der Waals surface area contributed by atoms with Gasteiger partial charge in [0, 0.05) is 25.3 Å². The van der Waals surface area contributed by atoms with Gasteiger partial charge in [0.15, 0.2) is 5.78 Å². The van der Waals surface area contributed by atoms with Crippen molar-refractivity contribution >= 4 is 17.5 Å². The second-order valence-electron chi connectivity index (χ2n) is 5.25. The van der Waals surface area contributed by atoms with Gasteiger partial charge in [0.1, 0.15) is 19.0 Å². The van der Waals surface area contributed by atoms with E-state index in [1.165, 1.54) is 0 Å². The fourth-order valence-corrected chi connectivity index (χ4v) is 2.02. The average Bonchev–Trinajstić information content (AvgIpc) is 2.58. The lowest BCUT2D eigenvalue weighted by Gasteiger charge is -2.11. The molecule has 0 unspecified atom stereocenters. The van der Waals surface area contributed by atoms with E-state index in [4.69, 9.17) is 4.74 Å². The fraction of sp³-hybridized carbons (Fsp3) is 0.211. The minimum Gasteiger partial charge on any atom is -0.491 e. The Kier molecular flexibility index (Phi) is 5.92. The number of carbonyl (C=O) groups is 1. The number of allylic oxidation sites excluding steroid dienone is 1. The summed E-state index contributed by atoms with van der Waals surface area (Å²) >= 11 is 0. The third kappa shape index (κ3) is 4.95. The Bertz CT molecular complexity index is 661. The number of hydrogen-bond donors (Lipinski definition) is 0. The maximum atomic E-state index is 12.1. The Morgan fingerprint density at radius 3 is 2.30 bits per heavy atom. The number of nitrogens with zero attached hydrogens (tertiary/aromatic N) is 1. The maximum absolute atomic E-state index is 12.1. The van der Waals surface area contributed by atoms with Crippen LogP contribution in [0.5, 0.6) is 5.75 Å². The summed E-state index contributed by atoms with van der Waals surface area (Å²) in [6, 6.07) is 14.6. The molecule has 0 N–H and O–H groups in total. The third-order valence-corrected chi connectivity index (χ3v) is 3.32. The number of alkyl halides is 1. The van der Waals surface area contributed by atoms with E-state index in [2.05, 4.69) is 0 Å². The lowest BCUT2D eigenvalue weighted by atomic mass is 10.1. The molecule has 0 aromatic heterocycles. The highest BCUT2D eigenvalue weighted by atomic mass is 19.1. The van der Waals surface area contributed by atoms with Crippen LogP contribution in [0.15, 0.2) is 54.6 Å². The van der Waals surface area contributed by atoms with E-state index in [-0.39, 0.29) is 12.4 Å². The number of anilines is 1. The van der Waals surface area contributed by atoms with Crippen molar-refractivity contribution in [1.29, 1.82) is 0 Å². The van der Waals surface area contributed by atoms with Gasteiger partial charge in [0.25, 0.3) is 0 Å². The van der Waals surface area contributed by atoms with Crippen molar-refractivity contribution < 1.29 is 13.9 Å². The van der Waals surface area contributed by atoms with Crippen LogP contribution in [0.2, 0.25) is 0 Å². The molecule has 0 bridgehead atoms. The molecule has 120 valence electrons. The van der Waals surface area contributed by atoms with Crippen LogP contribution in [0.3, 0.4) is 0 Å². The number of rotatable bonds is 7. The van der Waals surface area contributed by atoms with Gasteiger partial charge in [0.05, 0.1) is 0 Å². The van der Waals surface area contributed by atoms with E-state index in [1.807, 2.05) is 43.3 Å². The van der Waals surface area contributed by atoms with E-state index >= 15 is 0 Å². The predicted octanol–water partition coefficient (Wildman–Crippen LogP) is 4.00. The number of ether oxygens (including phenoxy) is 1. The van der Waals surface area contributed by atoms with Crippen LogP contribution in [0.4, 0.5) is 10.1 Å². The van der Waals surface area contributed by atoms with Crippen molar-refractivity contribution in [2.75, 3.05) is 32.3 Å². The van der Waals surface area contributed by atoms with Gasteiger partial charge in [-0.1, -0.05) is 18.2 Å². The molecule has 0 atom stereocenters. The number of ketones is 1. The average molecular weight is 313 g/mol. The molecule has 0 saturated carbocycles. The van der Waals surface area contributed by atoms with Gasteiger partial charge in [-0.15, -0.1) is 0 Å². The molecule has 0 saturated heterocycles. The first-order valence-corrected chi connectivity index (χ1v) is 7.39. The zero-order chi connectivity index (χ0) is 16.7. The Labute approximate surface area is 136 Å². The Morgan fingerprint density at radius 2 is 1.74 bits per heavy atom. The molecule has 0 aliphatic heterocycles. The van der Waals surface area contributed by atoms with Gasteiger partial charge in [-0.3, -0.25) is 4.79 Å². The second kappa shape index (κ2) is 8.13. The summed E-state index contributed by atoms with van der Waals surface area (Å²) in [4.78, 5) is 14.1. The predicted molar refractivity (Wildman–Crippen MR) is 92.0 cm³/mol. The molecule has 0 amide bonds. The lowest BCUT2D eigenvalue weighted by molar-refractivity contribution is 0.104. The Balaban J connectivity index is 2.00. The number of benzene rings is 2. The maximum Gasteiger partial charge on any atom is 0.185 e. The molecule has 2 rings (SSSR count). The van der Waals surface area contributed by atoms with Crippen molar-refractivity contribution in [3.8, 4) is 5.75 Å². The molecule has 2 aromatic rings. The topological polar surface area (TPSA) is 29.5 Å². The van der Waals surface area contributed by atoms with E-state index in [0.717, 1.165) is 11.3 Å². The minimum atomic E-state index is -0.532. The highest BCUT2D eigenvalue weighted by Gasteiger charge is 2.02. The van der Waals surface area contributed by atoms with E-state index in [9.17, 15) is 9.18 Å². The largest absolute Gasteiger partial charge is 0.491 e. The molecule has 0 aliphatic carbocycles. The van der Waals surface area contributed by atoms with Crippen molar-refractivity contribution in [3.05, 3.63) is 65.7 Å². The molecule has 0 radical (unpaired) electrons. The SMILES string of the molecule is CN(C)c1ccc(C=CC(=O)c2ccc(OCCF)cc2)cc1. The summed E-state index contributed by atoms with van der Waals surface area (Å²) in [5, 5.41) is 0. The smallest absolute Gasteiger partial charge is 0.185 e. The van der Waals surface area contributed by atoms with Crippen molar-refractivity contribution in [2.24, 2.45) is 0 Å². The van der Waals surface area contributed by atoms with Crippen LogP contribution in [-0.2, 0) is 0 Å². The van der Waals surface area contributed by atoms with Gasteiger partial charge in [-0.05, 0) is 48.0 Å². The van der Waals surface area contributed by atoms with Crippen molar-refractivity contribution in [2.45, 2.75) is 0 Å². The zero-order valence-electron chi connectivity index (χ0n) is 13.3. The summed E-state index contributed by atoms with van der Waals surface area (Å²) in [6.45, 7) is -0.508.